The van der Waals surface area contributed by atoms with E-state index in [1.807, 2.05) is 37.3 Å². The summed E-state index contributed by atoms with van der Waals surface area (Å²) in [5.74, 6) is 0.0842. The largest absolute Gasteiger partial charge is 0.356 e. The second-order valence-corrected chi connectivity index (χ2v) is 5.45. The van der Waals surface area contributed by atoms with Gasteiger partial charge in [-0.1, -0.05) is 37.3 Å². The van der Waals surface area contributed by atoms with Gasteiger partial charge in [-0.15, -0.1) is 0 Å². The Balaban J connectivity index is 1.73. The molecule has 20 heavy (non-hydrogen) atoms. The smallest absolute Gasteiger partial charge is 0.223 e. The van der Waals surface area contributed by atoms with Crippen LogP contribution in [0.15, 0.2) is 30.3 Å². The van der Waals surface area contributed by atoms with Gasteiger partial charge in [-0.3, -0.25) is 9.59 Å². The Bertz CT molecular complexity index is 459. The van der Waals surface area contributed by atoms with Crippen LogP contribution in [0.2, 0.25) is 0 Å². The van der Waals surface area contributed by atoms with E-state index in [2.05, 4.69) is 10.6 Å². The van der Waals surface area contributed by atoms with E-state index in [-0.39, 0.29) is 23.7 Å². The number of carbonyl (C=O) groups is 2. The fraction of sp³-hybridized carbons (Fsp3) is 0.500. The highest BCUT2D eigenvalue weighted by Crippen LogP contribution is 2.22. The Labute approximate surface area is 119 Å². The quantitative estimate of drug-likeness (QED) is 0.855. The number of nitrogens with one attached hydrogen (secondary N) is 2. The van der Waals surface area contributed by atoms with Crippen molar-refractivity contribution in [2.45, 2.75) is 26.2 Å². The zero-order valence-electron chi connectivity index (χ0n) is 11.9. The Morgan fingerprint density at radius 2 is 2.10 bits per heavy atom. The van der Waals surface area contributed by atoms with E-state index in [4.69, 9.17) is 0 Å². The van der Waals surface area contributed by atoms with Crippen LogP contribution in [-0.4, -0.2) is 24.9 Å². The molecule has 1 aromatic rings. The van der Waals surface area contributed by atoms with Gasteiger partial charge in [0.15, 0.2) is 0 Å². The molecule has 0 saturated carbocycles. The molecule has 2 rings (SSSR count). The van der Waals surface area contributed by atoms with Gasteiger partial charge in [0, 0.05) is 25.4 Å². The molecule has 2 atom stereocenters. The molecule has 0 bridgehead atoms. The van der Waals surface area contributed by atoms with Gasteiger partial charge in [-0.2, -0.15) is 0 Å². The van der Waals surface area contributed by atoms with Gasteiger partial charge in [0.1, 0.15) is 0 Å². The van der Waals surface area contributed by atoms with E-state index in [0.717, 1.165) is 19.4 Å². The van der Waals surface area contributed by atoms with Crippen molar-refractivity contribution in [3.05, 3.63) is 35.9 Å². The molecule has 2 N–H and O–H groups in total. The molecule has 4 heteroatoms. The van der Waals surface area contributed by atoms with E-state index in [1.165, 1.54) is 5.56 Å². The van der Waals surface area contributed by atoms with Gasteiger partial charge < -0.3 is 10.6 Å². The molecule has 1 aliphatic rings. The fourth-order valence-electron chi connectivity index (χ4n) is 2.57. The van der Waals surface area contributed by atoms with Crippen molar-refractivity contribution < 1.29 is 9.59 Å². The third kappa shape index (κ3) is 4.08. The predicted molar refractivity (Wildman–Crippen MR) is 78.1 cm³/mol. The van der Waals surface area contributed by atoms with E-state index in [1.54, 1.807) is 0 Å². The molecular weight excluding hydrogens is 252 g/mol. The molecule has 1 heterocycles. The highest BCUT2D eigenvalue weighted by atomic mass is 16.2. The van der Waals surface area contributed by atoms with E-state index in [0.29, 0.717) is 13.0 Å². The lowest BCUT2D eigenvalue weighted by molar-refractivity contribution is -0.133. The fourth-order valence-corrected chi connectivity index (χ4v) is 2.57. The minimum absolute atomic E-state index is 0.0157. The highest BCUT2D eigenvalue weighted by Gasteiger charge is 2.30. The van der Waals surface area contributed by atoms with Crippen LogP contribution < -0.4 is 10.6 Å². The molecule has 0 spiro atoms. The number of piperidine rings is 1. The molecule has 0 aromatic heterocycles. The molecular formula is C16H22N2O2. The Morgan fingerprint density at radius 3 is 2.80 bits per heavy atom. The minimum atomic E-state index is -0.180. The monoisotopic (exact) mass is 274 g/mol. The molecule has 1 saturated heterocycles. The van der Waals surface area contributed by atoms with Crippen LogP contribution in [0.3, 0.4) is 0 Å². The molecule has 0 radical (unpaired) electrons. The molecule has 4 nitrogen and oxygen atoms in total. The lowest BCUT2D eigenvalue weighted by Crippen LogP contribution is -2.43. The molecule has 1 aromatic carbocycles. The van der Waals surface area contributed by atoms with Gasteiger partial charge in [-0.25, -0.2) is 0 Å². The molecule has 108 valence electrons. The topological polar surface area (TPSA) is 58.2 Å². The van der Waals surface area contributed by atoms with Crippen LogP contribution in [0.25, 0.3) is 0 Å². The van der Waals surface area contributed by atoms with Crippen LogP contribution in [0.5, 0.6) is 0 Å². The number of carbonyl (C=O) groups excluding carboxylic acids is 2. The standard InChI is InChI=1S/C16H22N2O2/c1-12-7-9-18-16(20)14(12)11-15(19)17-10-8-13-5-3-2-4-6-13/h2-6,12,14H,7-11H2,1H3,(H,17,19)(H,18,20)/t12-,14-/m1/s1. The van der Waals surface area contributed by atoms with Crippen molar-refractivity contribution in [1.29, 1.82) is 0 Å². The number of rotatable bonds is 5. The Kier molecular flexibility index (Phi) is 5.16. The maximum Gasteiger partial charge on any atom is 0.223 e. The molecule has 1 aliphatic heterocycles. The van der Waals surface area contributed by atoms with Crippen LogP contribution in [-0.2, 0) is 16.0 Å². The van der Waals surface area contributed by atoms with Gasteiger partial charge in [0.05, 0.1) is 0 Å². The summed E-state index contributed by atoms with van der Waals surface area (Å²) in [4.78, 5) is 23.6. The van der Waals surface area contributed by atoms with Crippen LogP contribution >= 0.6 is 0 Å². The third-order valence-electron chi connectivity index (χ3n) is 3.91. The van der Waals surface area contributed by atoms with Crippen LogP contribution in [0.1, 0.15) is 25.3 Å². The van der Waals surface area contributed by atoms with Crippen molar-refractivity contribution in [1.82, 2.24) is 10.6 Å². The summed E-state index contributed by atoms with van der Waals surface area (Å²) in [5.41, 5.74) is 1.21. The lowest BCUT2D eigenvalue weighted by Gasteiger charge is -2.27. The maximum atomic E-state index is 11.9. The number of amides is 2. The third-order valence-corrected chi connectivity index (χ3v) is 3.91. The van der Waals surface area contributed by atoms with Crippen molar-refractivity contribution in [2.75, 3.05) is 13.1 Å². The van der Waals surface area contributed by atoms with Gasteiger partial charge in [0.2, 0.25) is 11.8 Å². The SMILES string of the molecule is C[C@@H]1CCNC(=O)[C@@H]1CC(=O)NCCc1ccccc1. The summed E-state index contributed by atoms with van der Waals surface area (Å²) in [7, 11) is 0. The van der Waals surface area contributed by atoms with Crippen molar-refractivity contribution in [2.24, 2.45) is 11.8 Å². The van der Waals surface area contributed by atoms with Gasteiger partial charge >= 0.3 is 0 Å². The predicted octanol–water partition coefficient (Wildman–Crippen LogP) is 1.51. The maximum absolute atomic E-state index is 11.9. The summed E-state index contributed by atoms with van der Waals surface area (Å²) < 4.78 is 0. The van der Waals surface area contributed by atoms with Gasteiger partial charge in [0.25, 0.3) is 0 Å². The van der Waals surface area contributed by atoms with E-state index >= 15 is 0 Å². The first-order valence-electron chi connectivity index (χ1n) is 7.25. The van der Waals surface area contributed by atoms with Crippen molar-refractivity contribution >= 4 is 11.8 Å². The highest BCUT2D eigenvalue weighted by molar-refractivity contribution is 5.86. The first-order chi connectivity index (χ1) is 9.66. The number of benzene rings is 1. The van der Waals surface area contributed by atoms with Crippen molar-refractivity contribution in [3.8, 4) is 0 Å². The van der Waals surface area contributed by atoms with E-state index < -0.39 is 0 Å². The second kappa shape index (κ2) is 7.08. The second-order valence-electron chi connectivity index (χ2n) is 5.45. The Hall–Kier alpha value is -1.84. The van der Waals surface area contributed by atoms with Crippen LogP contribution in [0.4, 0.5) is 0 Å². The molecule has 1 fully saturated rings. The average molecular weight is 274 g/mol. The molecule has 2 amide bonds. The lowest BCUT2D eigenvalue weighted by atomic mass is 9.85. The molecule has 0 aliphatic carbocycles. The summed E-state index contributed by atoms with van der Waals surface area (Å²) in [6.45, 7) is 3.39. The molecule has 0 unspecified atom stereocenters. The Morgan fingerprint density at radius 1 is 1.35 bits per heavy atom. The zero-order valence-corrected chi connectivity index (χ0v) is 11.9. The number of hydrogen-bond donors (Lipinski definition) is 2. The number of hydrogen-bond acceptors (Lipinski definition) is 2. The zero-order chi connectivity index (χ0) is 14.4. The van der Waals surface area contributed by atoms with Gasteiger partial charge in [-0.05, 0) is 24.3 Å². The average Bonchev–Trinajstić information content (AvgIpc) is 2.44. The first-order valence-corrected chi connectivity index (χ1v) is 7.25. The van der Waals surface area contributed by atoms with Crippen molar-refractivity contribution in [3.63, 3.8) is 0 Å². The van der Waals surface area contributed by atoms with Crippen LogP contribution in [0, 0.1) is 11.8 Å². The van der Waals surface area contributed by atoms with E-state index in [9.17, 15) is 9.59 Å². The summed E-state index contributed by atoms with van der Waals surface area (Å²) in [6, 6.07) is 10.0. The summed E-state index contributed by atoms with van der Waals surface area (Å²) in [6.07, 6.45) is 2.06. The summed E-state index contributed by atoms with van der Waals surface area (Å²) >= 11 is 0. The normalized spacial score (nSPS) is 22.1. The first kappa shape index (κ1) is 14.6. The summed E-state index contributed by atoms with van der Waals surface area (Å²) in [5, 5.41) is 5.73. The minimum Gasteiger partial charge on any atom is -0.356 e.